The van der Waals surface area contributed by atoms with Crippen molar-refractivity contribution < 1.29 is 9.84 Å². The molecule has 0 aliphatic rings. The third-order valence-electron chi connectivity index (χ3n) is 1.85. The van der Waals surface area contributed by atoms with Gasteiger partial charge in [0.15, 0.2) is 11.5 Å². The lowest BCUT2D eigenvalue weighted by Gasteiger charge is -2.05. The molecule has 2 aromatic rings. The highest BCUT2D eigenvalue weighted by molar-refractivity contribution is 5.40. The number of phenolic OH excluding ortho intramolecular Hbond substituents is 1. The summed E-state index contributed by atoms with van der Waals surface area (Å²) in [7, 11) is 0. The normalized spacial score (nSPS) is 9.93. The van der Waals surface area contributed by atoms with Gasteiger partial charge >= 0.3 is 0 Å². The summed E-state index contributed by atoms with van der Waals surface area (Å²) in [6.45, 7) is 1.84. The molecule has 0 fully saturated rings. The molecule has 0 saturated carbocycles. The summed E-state index contributed by atoms with van der Waals surface area (Å²) in [5, 5.41) is 17.1. The summed E-state index contributed by atoms with van der Waals surface area (Å²) in [4.78, 5) is 0. The van der Waals surface area contributed by atoms with Gasteiger partial charge in [0.05, 0.1) is 5.69 Å². The maximum Gasteiger partial charge on any atom is 0.239 e. The predicted molar refractivity (Wildman–Crippen MR) is 54.9 cm³/mol. The van der Waals surface area contributed by atoms with E-state index in [-0.39, 0.29) is 5.75 Å². The SMILES string of the molecule is Cc1ccc(Oc2ccccc2O)nn1. The first kappa shape index (κ1) is 9.45. The summed E-state index contributed by atoms with van der Waals surface area (Å²) < 4.78 is 5.34. The van der Waals surface area contributed by atoms with Crippen molar-refractivity contribution in [1.82, 2.24) is 10.2 Å². The van der Waals surface area contributed by atoms with E-state index in [4.69, 9.17) is 4.74 Å². The van der Waals surface area contributed by atoms with Crippen molar-refractivity contribution in [2.45, 2.75) is 6.92 Å². The van der Waals surface area contributed by atoms with E-state index in [2.05, 4.69) is 10.2 Å². The Hall–Kier alpha value is -2.10. The van der Waals surface area contributed by atoms with Gasteiger partial charge in [-0.05, 0) is 25.1 Å². The third kappa shape index (κ3) is 2.22. The maximum absolute atomic E-state index is 9.45. The monoisotopic (exact) mass is 202 g/mol. The molecule has 0 unspecified atom stereocenters. The number of phenols is 1. The molecule has 1 aromatic heterocycles. The number of aromatic hydroxyl groups is 1. The Morgan fingerprint density at radius 2 is 1.87 bits per heavy atom. The molecule has 1 N–H and O–H groups in total. The van der Waals surface area contributed by atoms with Crippen molar-refractivity contribution in [3.8, 4) is 17.4 Å². The number of benzene rings is 1. The van der Waals surface area contributed by atoms with E-state index in [9.17, 15) is 5.11 Å². The molecule has 0 aliphatic heterocycles. The minimum atomic E-state index is 0.0832. The molecule has 0 spiro atoms. The Kier molecular flexibility index (Phi) is 2.49. The summed E-state index contributed by atoms with van der Waals surface area (Å²) in [5.41, 5.74) is 0.819. The molecule has 0 bridgehead atoms. The van der Waals surface area contributed by atoms with Gasteiger partial charge in [0.25, 0.3) is 0 Å². The summed E-state index contributed by atoms with van der Waals surface area (Å²) in [5.74, 6) is 0.817. The average Bonchev–Trinajstić information content (AvgIpc) is 2.25. The van der Waals surface area contributed by atoms with Crippen LogP contribution < -0.4 is 4.74 Å². The Labute approximate surface area is 87.2 Å². The highest BCUT2D eigenvalue weighted by atomic mass is 16.5. The molecule has 1 aromatic carbocycles. The smallest absolute Gasteiger partial charge is 0.239 e. The Bertz CT molecular complexity index is 454. The molecule has 1 heterocycles. The first-order valence-corrected chi connectivity index (χ1v) is 4.52. The Balaban J connectivity index is 2.22. The maximum atomic E-state index is 9.45. The fourth-order valence-electron chi connectivity index (χ4n) is 1.10. The molecular formula is C11H10N2O2. The number of aryl methyl sites for hydroxylation is 1. The van der Waals surface area contributed by atoms with Crippen LogP contribution in [-0.2, 0) is 0 Å². The van der Waals surface area contributed by atoms with Crippen molar-refractivity contribution in [1.29, 1.82) is 0 Å². The lowest BCUT2D eigenvalue weighted by Crippen LogP contribution is -1.91. The second kappa shape index (κ2) is 3.96. The molecule has 0 radical (unpaired) electrons. The van der Waals surface area contributed by atoms with E-state index in [0.717, 1.165) is 5.69 Å². The van der Waals surface area contributed by atoms with Crippen LogP contribution in [0.1, 0.15) is 5.69 Å². The molecule has 76 valence electrons. The summed E-state index contributed by atoms with van der Waals surface area (Å²) in [6.07, 6.45) is 0. The molecule has 15 heavy (non-hydrogen) atoms. The molecule has 0 saturated heterocycles. The van der Waals surface area contributed by atoms with Gasteiger partial charge in [0.2, 0.25) is 5.88 Å². The second-order valence-electron chi connectivity index (χ2n) is 3.08. The standard InChI is InChI=1S/C11H10N2O2/c1-8-6-7-11(13-12-8)15-10-5-3-2-4-9(10)14/h2-7,14H,1H3. The largest absolute Gasteiger partial charge is 0.504 e. The lowest BCUT2D eigenvalue weighted by atomic mass is 10.3. The lowest BCUT2D eigenvalue weighted by molar-refractivity contribution is 0.399. The minimum Gasteiger partial charge on any atom is -0.504 e. The van der Waals surface area contributed by atoms with Gasteiger partial charge in [0.1, 0.15) is 0 Å². The van der Waals surface area contributed by atoms with Gasteiger partial charge in [-0.15, -0.1) is 5.10 Å². The molecule has 0 aliphatic carbocycles. The number of nitrogens with zero attached hydrogens (tertiary/aromatic N) is 2. The Morgan fingerprint density at radius 1 is 1.07 bits per heavy atom. The molecule has 0 amide bonds. The van der Waals surface area contributed by atoms with Crippen LogP contribution in [-0.4, -0.2) is 15.3 Å². The van der Waals surface area contributed by atoms with Crippen LogP contribution in [0.15, 0.2) is 36.4 Å². The number of aromatic nitrogens is 2. The number of hydrogen-bond donors (Lipinski definition) is 1. The number of hydrogen-bond acceptors (Lipinski definition) is 4. The van der Waals surface area contributed by atoms with Crippen molar-refractivity contribution in [2.24, 2.45) is 0 Å². The van der Waals surface area contributed by atoms with Gasteiger partial charge in [-0.1, -0.05) is 12.1 Å². The summed E-state index contributed by atoms with van der Waals surface area (Å²) >= 11 is 0. The van der Waals surface area contributed by atoms with E-state index in [1.165, 1.54) is 0 Å². The van der Waals surface area contributed by atoms with Gasteiger partial charge in [0, 0.05) is 6.07 Å². The third-order valence-corrected chi connectivity index (χ3v) is 1.85. The second-order valence-corrected chi connectivity index (χ2v) is 3.08. The van der Waals surface area contributed by atoms with Gasteiger partial charge in [-0.25, -0.2) is 0 Å². The van der Waals surface area contributed by atoms with Gasteiger partial charge in [-0.2, -0.15) is 5.10 Å². The quantitative estimate of drug-likeness (QED) is 0.811. The van der Waals surface area contributed by atoms with E-state index in [1.54, 1.807) is 36.4 Å². The Morgan fingerprint density at radius 3 is 2.53 bits per heavy atom. The van der Waals surface area contributed by atoms with Crippen LogP contribution in [0.3, 0.4) is 0 Å². The molecule has 2 rings (SSSR count). The van der Waals surface area contributed by atoms with E-state index >= 15 is 0 Å². The van der Waals surface area contributed by atoms with Crippen LogP contribution in [0, 0.1) is 6.92 Å². The predicted octanol–water partition coefficient (Wildman–Crippen LogP) is 2.28. The summed E-state index contributed by atoms with van der Waals surface area (Å²) in [6, 6.07) is 10.2. The highest BCUT2D eigenvalue weighted by Gasteiger charge is 2.03. The van der Waals surface area contributed by atoms with Gasteiger partial charge in [-0.3, -0.25) is 0 Å². The zero-order valence-corrected chi connectivity index (χ0v) is 8.21. The highest BCUT2D eigenvalue weighted by Crippen LogP contribution is 2.28. The van der Waals surface area contributed by atoms with E-state index < -0.39 is 0 Å². The van der Waals surface area contributed by atoms with Crippen molar-refractivity contribution in [3.63, 3.8) is 0 Å². The van der Waals surface area contributed by atoms with Crippen molar-refractivity contribution >= 4 is 0 Å². The molecule has 0 atom stereocenters. The van der Waals surface area contributed by atoms with Crippen molar-refractivity contribution in [3.05, 3.63) is 42.1 Å². The topological polar surface area (TPSA) is 55.2 Å². The first-order valence-electron chi connectivity index (χ1n) is 4.52. The van der Waals surface area contributed by atoms with E-state index in [1.807, 2.05) is 6.92 Å². The number of rotatable bonds is 2. The van der Waals surface area contributed by atoms with Crippen LogP contribution in [0.25, 0.3) is 0 Å². The fraction of sp³-hybridized carbons (Fsp3) is 0.0909. The van der Waals surface area contributed by atoms with Crippen LogP contribution in [0.4, 0.5) is 0 Å². The van der Waals surface area contributed by atoms with E-state index in [0.29, 0.717) is 11.6 Å². The average molecular weight is 202 g/mol. The molecule has 4 nitrogen and oxygen atoms in total. The van der Waals surface area contributed by atoms with Crippen molar-refractivity contribution in [2.75, 3.05) is 0 Å². The zero-order chi connectivity index (χ0) is 10.7. The van der Waals surface area contributed by atoms with Crippen LogP contribution in [0.2, 0.25) is 0 Å². The minimum absolute atomic E-state index is 0.0832. The fourth-order valence-corrected chi connectivity index (χ4v) is 1.10. The number of ether oxygens (including phenoxy) is 1. The van der Waals surface area contributed by atoms with Crippen LogP contribution >= 0.6 is 0 Å². The van der Waals surface area contributed by atoms with Gasteiger partial charge < -0.3 is 9.84 Å². The van der Waals surface area contributed by atoms with Crippen LogP contribution in [0.5, 0.6) is 17.4 Å². The molecule has 4 heteroatoms. The zero-order valence-electron chi connectivity index (χ0n) is 8.21. The first-order chi connectivity index (χ1) is 7.25. The molecular weight excluding hydrogens is 192 g/mol. The number of para-hydroxylation sites is 2.